The first kappa shape index (κ1) is 26.6. The molecule has 5 N–H and O–H groups in total. The number of urea groups is 1. The molecule has 0 spiro atoms. The molecule has 0 bridgehead atoms. The van der Waals surface area contributed by atoms with E-state index in [1.54, 1.807) is 35.9 Å². The van der Waals surface area contributed by atoms with Crippen LogP contribution in [0.15, 0.2) is 41.3 Å². The Kier molecular flexibility index (Phi) is 8.16. The minimum absolute atomic E-state index is 0. The summed E-state index contributed by atoms with van der Waals surface area (Å²) in [5.41, 5.74) is 12.1. The summed E-state index contributed by atoms with van der Waals surface area (Å²) in [5, 5.41) is 2.67. The quantitative estimate of drug-likeness (QED) is 0.528. The standard InChI is InChI=1S/C23H32N8O3.ClH/c1-23(2,25)20(32)29-9-11-30(12-10-29)21(33)26-19-7-8-31(22(34)27-19)18-5-3-16(4-6-18)13-28-14-17(24)15-28;/h3-8,17H,9-15,24-25H2,1-2H3,(H,26,27,33,34);1H. The van der Waals surface area contributed by atoms with Gasteiger partial charge < -0.3 is 21.3 Å². The number of hydrogen-bond acceptors (Lipinski definition) is 7. The molecule has 1 aromatic heterocycles. The summed E-state index contributed by atoms with van der Waals surface area (Å²) in [6.07, 6.45) is 1.59. The van der Waals surface area contributed by atoms with Gasteiger partial charge in [0.25, 0.3) is 0 Å². The van der Waals surface area contributed by atoms with Crippen LogP contribution in [0.25, 0.3) is 5.69 Å². The Labute approximate surface area is 210 Å². The number of rotatable bonds is 5. The molecular formula is C23H33ClN8O3. The number of piperazine rings is 1. The predicted molar refractivity (Wildman–Crippen MR) is 136 cm³/mol. The maximum absolute atomic E-state index is 12.6. The Morgan fingerprint density at radius 2 is 1.66 bits per heavy atom. The molecule has 0 atom stereocenters. The van der Waals surface area contributed by atoms with Gasteiger partial charge in [-0.05, 0) is 37.6 Å². The molecule has 190 valence electrons. The van der Waals surface area contributed by atoms with Crippen LogP contribution in [0.3, 0.4) is 0 Å². The molecule has 3 amide bonds. The number of nitrogens with two attached hydrogens (primary N) is 2. The van der Waals surface area contributed by atoms with Crippen LogP contribution in [0.1, 0.15) is 19.4 Å². The van der Waals surface area contributed by atoms with Crippen molar-refractivity contribution in [3.05, 3.63) is 52.6 Å². The van der Waals surface area contributed by atoms with Gasteiger partial charge in [0, 0.05) is 58.1 Å². The molecule has 2 saturated heterocycles. The summed E-state index contributed by atoms with van der Waals surface area (Å²) >= 11 is 0. The monoisotopic (exact) mass is 504 g/mol. The number of amides is 3. The lowest BCUT2D eigenvalue weighted by atomic mass is 10.1. The predicted octanol–water partition coefficient (Wildman–Crippen LogP) is 0.211. The van der Waals surface area contributed by atoms with Crippen molar-refractivity contribution >= 4 is 30.2 Å². The molecule has 11 nitrogen and oxygen atoms in total. The molecule has 2 fully saturated rings. The summed E-state index contributed by atoms with van der Waals surface area (Å²) in [5.74, 6) is 0.0363. The summed E-state index contributed by atoms with van der Waals surface area (Å²) in [6.45, 7) is 7.53. The van der Waals surface area contributed by atoms with Gasteiger partial charge in [-0.1, -0.05) is 12.1 Å². The Morgan fingerprint density at radius 3 is 2.20 bits per heavy atom. The SMILES string of the molecule is CC(C)(N)C(=O)N1CCN(C(=O)Nc2ccn(-c3ccc(CN4CC(N)C4)cc3)c(=O)n2)CC1.Cl. The summed E-state index contributed by atoms with van der Waals surface area (Å²) in [7, 11) is 0. The second kappa shape index (κ2) is 10.7. The molecule has 0 saturated carbocycles. The van der Waals surface area contributed by atoms with Crippen LogP contribution < -0.4 is 22.5 Å². The van der Waals surface area contributed by atoms with E-state index >= 15 is 0 Å². The largest absolute Gasteiger partial charge is 0.354 e. The number of likely N-dealkylation sites (tertiary alicyclic amines) is 1. The average molecular weight is 505 g/mol. The van der Waals surface area contributed by atoms with E-state index in [0.717, 1.165) is 25.2 Å². The van der Waals surface area contributed by atoms with Crippen LogP contribution >= 0.6 is 12.4 Å². The second-order valence-corrected chi connectivity index (χ2v) is 9.52. The van der Waals surface area contributed by atoms with E-state index in [-0.39, 0.29) is 36.2 Å². The first-order valence-electron chi connectivity index (χ1n) is 11.4. The highest BCUT2D eigenvalue weighted by Crippen LogP contribution is 2.15. The van der Waals surface area contributed by atoms with Gasteiger partial charge in [0.15, 0.2) is 0 Å². The normalized spacial score (nSPS) is 16.9. The topological polar surface area (TPSA) is 143 Å². The van der Waals surface area contributed by atoms with Crippen LogP contribution in [0.5, 0.6) is 0 Å². The summed E-state index contributed by atoms with van der Waals surface area (Å²) in [6, 6.07) is 9.21. The van der Waals surface area contributed by atoms with E-state index in [1.165, 1.54) is 4.57 Å². The number of anilines is 1. The van der Waals surface area contributed by atoms with E-state index in [9.17, 15) is 14.4 Å². The van der Waals surface area contributed by atoms with Crippen LogP contribution in [-0.2, 0) is 11.3 Å². The minimum atomic E-state index is -0.943. The van der Waals surface area contributed by atoms with E-state index in [2.05, 4.69) is 15.2 Å². The number of halogens is 1. The number of nitrogens with zero attached hydrogens (tertiary/aromatic N) is 5. The Hall–Kier alpha value is -2.99. The second-order valence-electron chi connectivity index (χ2n) is 9.52. The molecule has 4 rings (SSSR count). The molecule has 0 radical (unpaired) electrons. The minimum Gasteiger partial charge on any atom is -0.338 e. The third-order valence-electron chi connectivity index (χ3n) is 6.05. The number of nitrogens with one attached hydrogen (secondary N) is 1. The number of hydrogen-bond donors (Lipinski definition) is 3. The lowest BCUT2D eigenvalue weighted by molar-refractivity contribution is -0.137. The molecule has 2 aliphatic rings. The van der Waals surface area contributed by atoms with Crippen molar-refractivity contribution in [3.8, 4) is 5.69 Å². The maximum atomic E-state index is 12.6. The molecular weight excluding hydrogens is 472 g/mol. The molecule has 35 heavy (non-hydrogen) atoms. The number of carbonyl (C=O) groups excluding carboxylic acids is 2. The molecule has 0 aliphatic carbocycles. The molecule has 3 heterocycles. The van der Waals surface area contributed by atoms with Crippen LogP contribution in [0.2, 0.25) is 0 Å². The fraction of sp³-hybridized carbons (Fsp3) is 0.478. The smallest absolute Gasteiger partial charge is 0.338 e. The number of carbonyl (C=O) groups is 2. The van der Waals surface area contributed by atoms with Gasteiger partial charge >= 0.3 is 11.7 Å². The van der Waals surface area contributed by atoms with E-state index in [0.29, 0.717) is 31.9 Å². The van der Waals surface area contributed by atoms with E-state index in [1.807, 2.05) is 24.3 Å². The third kappa shape index (κ3) is 6.37. The lowest BCUT2D eigenvalue weighted by Crippen LogP contribution is -2.58. The van der Waals surface area contributed by atoms with Crippen LogP contribution in [0.4, 0.5) is 10.6 Å². The fourth-order valence-electron chi connectivity index (χ4n) is 4.14. The fourth-order valence-corrected chi connectivity index (χ4v) is 4.14. The molecule has 1 aromatic carbocycles. The van der Waals surface area contributed by atoms with Crippen molar-refractivity contribution in [3.63, 3.8) is 0 Å². The Morgan fingerprint density at radius 1 is 1.06 bits per heavy atom. The van der Waals surface area contributed by atoms with E-state index < -0.39 is 11.2 Å². The zero-order valence-corrected chi connectivity index (χ0v) is 20.8. The maximum Gasteiger partial charge on any atom is 0.354 e. The highest BCUT2D eigenvalue weighted by Gasteiger charge is 2.31. The van der Waals surface area contributed by atoms with Crippen molar-refractivity contribution in [2.75, 3.05) is 44.6 Å². The lowest BCUT2D eigenvalue weighted by Gasteiger charge is -2.37. The first-order chi connectivity index (χ1) is 16.1. The zero-order valence-electron chi connectivity index (χ0n) is 20.0. The third-order valence-corrected chi connectivity index (χ3v) is 6.05. The Balaban J connectivity index is 0.00000342. The van der Waals surface area contributed by atoms with Gasteiger partial charge in [-0.15, -0.1) is 12.4 Å². The van der Waals surface area contributed by atoms with Gasteiger partial charge in [0.2, 0.25) is 5.91 Å². The van der Waals surface area contributed by atoms with Crippen molar-refractivity contribution in [2.45, 2.75) is 32.0 Å². The molecule has 0 unspecified atom stereocenters. The highest BCUT2D eigenvalue weighted by molar-refractivity contribution is 5.89. The van der Waals surface area contributed by atoms with Crippen molar-refractivity contribution in [1.29, 1.82) is 0 Å². The zero-order chi connectivity index (χ0) is 24.5. The summed E-state index contributed by atoms with van der Waals surface area (Å²) in [4.78, 5) is 47.0. The molecule has 2 aliphatic heterocycles. The number of aromatic nitrogens is 2. The Bertz CT molecular complexity index is 1100. The summed E-state index contributed by atoms with van der Waals surface area (Å²) < 4.78 is 1.43. The van der Waals surface area contributed by atoms with Crippen molar-refractivity contribution < 1.29 is 9.59 Å². The van der Waals surface area contributed by atoms with Gasteiger partial charge in [-0.2, -0.15) is 4.98 Å². The van der Waals surface area contributed by atoms with Crippen molar-refractivity contribution in [1.82, 2.24) is 24.3 Å². The van der Waals surface area contributed by atoms with Gasteiger partial charge in [-0.25, -0.2) is 9.59 Å². The van der Waals surface area contributed by atoms with Gasteiger partial charge in [0.05, 0.1) is 11.2 Å². The number of benzene rings is 1. The molecule has 12 heteroatoms. The van der Waals surface area contributed by atoms with Crippen molar-refractivity contribution in [2.24, 2.45) is 11.5 Å². The molecule has 2 aromatic rings. The van der Waals surface area contributed by atoms with Crippen LogP contribution in [0, 0.1) is 0 Å². The highest BCUT2D eigenvalue weighted by atomic mass is 35.5. The first-order valence-corrected chi connectivity index (χ1v) is 11.4. The van der Waals surface area contributed by atoms with E-state index in [4.69, 9.17) is 11.5 Å². The average Bonchev–Trinajstić information content (AvgIpc) is 2.78. The van der Waals surface area contributed by atoms with Gasteiger partial charge in [-0.3, -0.25) is 19.6 Å². The van der Waals surface area contributed by atoms with Gasteiger partial charge in [0.1, 0.15) is 5.82 Å². The van der Waals surface area contributed by atoms with Crippen LogP contribution in [-0.4, -0.2) is 87.0 Å².